The van der Waals surface area contributed by atoms with Gasteiger partial charge in [0, 0.05) is 10.9 Å². The molecule has 0 aliphatic heterocycles. The molecule has 0 saturated heterocycles. The van der Waals surface area contributed by atoms with E-state index >= 15 is 0 Å². The van der Waals surface area contributed by atoms with Crippen molar-refractivity contribution in [2.24, 2.45) is 0 Å². The first-order chi connectivity index (χ1) is 12.2. The molecule has 120 valence electrons. The highest BCUT2D eigenvalue weighted by Gasteiger charge is 2.10. The van der Waals surface area contributed by atoms with Crippen LogP contribution >= 0.6 is 0 Å². The highest BCUT2D eigenvalue weighted by atomic mass is 16.4. The first kappa shape index (κ1) is 15.1. The van der Waals surface area contributed by atoms with Gasteiger partial charge >= 0.3 is 5.97 Å². The van der Waals surface area contributed by atoms with Crippen LogP contribution in [-0.2, 0) is 0 Å². The number of fused-ring (bicyclic) bond motifs is 1. The van der Waals surface area contributed by atoms with Crippen LogP contribution < -0.4 is 0 Å². The molecule has 0 spiro atoms. The van der Waals surface area contributed by atoms with Gasteiger partial charge in [0.25, 0.3) is 0 Å². The molecule has 0 saturated carbocycles. The van der Waals surface area contributed by atoms with Gasteiger partial charge in [-0.3, -0.25) is 0 Å². The molecule has 25 heavy (non-hydrogen) atoms. The smallest absolute Gasteiger partial charge is 0.335 e. The molecule has 3 aromatic carbocycles. The molecular weight excluding hydrogens is 310 g/mol. The fourth-order valence-corrected chi connectivity index (χ4v) is 2.96. The molecule has 3 heteroatoms. The lowest BCUT2D eigenvalue weighted by molar-refractivity contribution is 0.0697. The number of aromatic nitrogens is 1. The van der Waals surface area contributed by atoms with E-state index in [1.807, 2.05) is 36.4 Å². The van der Waals surface area contributed by atoms with Gasteiger partial charge in [0.15, 0.2) is 0 Å². The van der Waals surface area contributed by atoms with Crippen molar-refractivity contribution in [2.75, 3.05) is 0 Å². The second-order valence-electron chi connectivity index (χ2n) is 5.82. The molecular formula is C22H15NO2. The van der Waals surface area contributed by atoms with Gasteiger partial charge < -0.3 is 5.11 Å². The minimum absolute atomic E-state index is 0.271. The number of para-hydroxylation sites is 1. The Morgan fingerprint density at radius 2 is 1.44 bits per heavy atom. The number of carbonyl (C=O) groups is 1. The van der Waals surface area contributed by atoms with Gasteiger partial charge in [-0.15, -0.1) is 0 Å². The van der Waals surface area contributed by atoms with Crippen LogP contribution in [0.3, 0.4) is 0 Å². The summed E-state index contributed by atoms with van der Waals surface area (Å²) in [5.41, 5.74) is 5.16. The number of hydrogen-bond donors (Lipinski definition) is 1. The lowest BCUT2D eigenvalue weighted by atomic mass is 9.98. The fourth-order valence-electron chi connectivity index (χ4n) is 2.96. The van der Waals surface area contributed by atoms with Crippen LogP contribution in [0, 0.1) is 0 Å². The molecule has 4 aromatic rings. The summed E-state index contributed by atoms with van der Waals surface area (Å²) in [4.78, 5) is 15.8. The number of hydrogen-bond acceptors (Lipinski definition) is 2. The summed E-state index contributed by atoms with van der Waals surface area (Å²) < 4.78 is 0. The van der Waals surface area contributed by atoms with E-state index in [0.717, 1.165) is 33.3 Å². The molecule has 4 rings (SSSR count). The Balaban J connectivity index is 1.92. The molecule has 1 aromatic heterocycles. The molecule has 1 heterocycles. The lowest BCUT2D eigenvalue weighted by Gasteiger charge is -2.10. The Hall–Kier alpha value is -3.46. The zero-order valence-electron chi connectivity index (χ0n) is 13.4. The predicted molar refractivity (Wildman–Crippen MR) is 99.6 cm³/mol. The van der Waals surface area contributed by atoms with E-state index in [0.29, 0.717) is 0 Å². The van der Waals surface area contributed by atoms with E-state index in [-0.39, 0.29) is 5.56 Å². The number of carboxylic acid groups (broad SMARTS) is 1. The summed E-state index contributed by atoms with van der Waals surface area (Å²) in [5, 5.41) is 10.2. The van der Waals surface area contributed by atoms with Gasteiger partial charge in [0.05, 0.1) is 16.8 Å². The van der Waals surface area contributed by atoms with E-state index in [1.165, 1.54) is 0 Å². The Bertz CT molecular complexity index is 1050. The molecule has 0 aliphatic rings. The summed E-state index contributed by atoms with van der Waals surface area (Å²) in [5.74, 6) is -0.928. The van der Waals surface area contributed by atoms with Crippen molar-refractivity contribution in [1.82, 2.24) is 4.98 Å². The van der Waals surface area contributed by atoms with Crippen LogP contribution in [0.4, 0.5) is 0 Å². The van der Waals surface area contributed by atoms with Crippen molar-refractivity contribution in [3.05, 3.63) is 90.5 Å². The second-order valence-corrected chi connectivity index (χ2v) is 5.82. The van der Waals surface area contributed by atoms with Crippen LogP contribution in [0.5, 0.6) is 0 Å². The number of rotatable bonds is 3. The standard InChI is InChI=1S/C22H15NO2/c24-22(25)17-12-10-16(11-13-17)21-14-19(15-6-2-1-3-7-15)18-8-4-5-9-20(18)23-21/h1-14H,(H,24,25). The highest BCUT2D eigenvalue weighted by Crippen LogP contribution is 2.31. The summed E-state index contributed by atoms with van der Waals surface area (Å²) >= 11 is 0. The molecule has 0 fully saturated rings. The van der Waals surface area contributed by atoms with Crippen molar-refractivity contribution in [3.63, 3.8) is 0 Å². The number of benzene rings is 3. The third kappa shape index (κ3) is 2.88. The van der Waals surface area contributed by atoms with Crippen LogP contribution in [0.15, 0.2) is 84.9 Å². The fraction of sp³-hybridized carbons (Fsp3) is 0. The second kappa shape index (κ2) is 6.21. The molecule has 1 N–H and O–H groups in total. The van der Waals surface area contributed by atoms with Crippen LogP contribution in [-0.4, -0.2) is 16.1 Å². The van der Waals surface area contributed by atoms with Gasteiger partial charge in [-0.25, -0.2) is 9.78 Å². The SMILES string of the molecule is O=C(O)c1ccc(-c2cc(-c3ccccc3)c3ccccc3n2)cc1. The monoisotopic (exact) mass is 325 g/mol. The van der Waals surface area contributed by atoms with Crippen LogP contribution in [0.2, 0.25) is 0 Å². The molecule has 3 nitrogen and oxygen atoms in total. The summed E-state index contributed by atoms with van der Waals surface area (Å²) in [6, 6.07) is 27.1. The topological polar surface area (TPSA) is 50.2 Å². The maximum Gasteiger partial charge on any atom is 0.335 e. The zero-order chi connectivity index (χ0) is 17.2. The van der Waals surface area contributed by atoms with Crippen molar-refractivity contribution >= 4 is 16.9 Å². The Kier molecular flexibility index (Phi) is 3.75. The lowest BCUT2D eigenvalue weighted by Crippen LogP contribution is -1.95. The maximum absolute atomic E-state index is 11.0. The van der Waals surface area contributed by atoms with E-state index < -0.39 is 5.97 Å². The minimum Gasteiger partial charge on any atom is -0.478 e. The quantitative estimate of drug-likeness (QED) is 0.558. The average Bonchev–Trinajstić information content (AvgIpc) is 2.68. The molecule has 0 unspecified atom stereocenters. The zero-order valence-corrected chi connectivity index (χ0v) is 13.4. The summed E-state index contributed by atoms with van der Waals surface area (Å²) in [7, 11) is 0. The van der Waals surface area contributed by atoms with Gasteiger partial charge in [0.1, 0.15) is 0 Å². The Labute approximate surface area is 145 Å². The molecule has 0 aliphatic carbocycles. The number of aromatic carboxylic acids is 1. The van der Waals surface area contributed by atoms with E-state index in [2.05, 4.69) is 24.3 Å². The van der Waals surface area contributed by atoms with Crippen LogP contribution in [0.25, 0.3) is 33.3 Å². The predicted octanol–water partition coefficient (Wildman–Crippen LogP) is 5.27. The van der Waals surface area contributed by atoms with Gasteiger partial charge in [-0.1, -0.05) is 60.7 Å². The van der Waals surface area contributed by atoms with E-state index in [1.54, 1.807) is 24.3 Å². The summed E-state index contributed by atoms with van der Waals surface area (Å²) in [6.45, 7) is 0. The van der Waals surface area contributed by atoms with Crippen molar-refractivity contribution < 1.29 is 9.90 Å². The minimum atomic E-state index is -0.928. The van der Waals surface area contributed by atoms with Gasteiger partial charge in [0.2, 0.25) is 0 Å². The molecule has 0 bridgehead atoms. The van der Waals surface area contributed by atoms with Gasteiger partial charge in [-0.05, 0) is 35.4 Å². The largest absolute Gasteiger partial charge is 0.478 e. The first-order valence-corrected chi connectivity index (χ1v) is 8.01. The Morgan fingerprint density at radius 1 is 0.760 bits per heavy atom. The van der Waals surface area contributed by atoms with E-state index in [4.69, 9.17) is 10.1 Å². The molecule has 0 atom stereocenters. The third-order valence-corrected chi connectivity index (χ3v) is 4.23. The highest BCUT2D eigenvalue weighted by molar-refractivity contribution is 5.96. The number of nitrogens with zero attached hydrogens (tertiary/aromatic N) is 1. The normalized spacial score (nSPS) is 10.7. The Morgan fingerprint density at radius 3 is 2.16 bits per heavy atom. The van der Waals surface area contributed by atoms with E-state index in [9.17, 15) is 4.79 Å². The van der Waals surface area contributed by atoms with Crippen molar-refractivity contribution in [2.45, 2.75) is 0 Å². The maximum atomic E-state index is 11.0. The molecule has 0 amide bonds. The third-order valence-electron chi connectivity index (χ3n) is 4.23. The first-order valence-electron chi connectivity index (χ1n) is 8.01. The van der Waals surface area contributed by atoms with Gasteiger partial charge in [-0.2, -0.15) is 0 Å². The van der Waals surface area contributed by atoms with Crippen molar-refractivity contribution in [3.8, 4) is 22.4 Å². The number of carboxylic acids is 1. The molecule has 0 radical (unpaired) electrons. The van der Waals surface area contributed by atoms with Crippen molar-refractivity contribution in [1.29, 1.82) is 0 Å². The summed E-state index contributed by atoms with van der Waals surface area (Å²) in [6.07, 6.45) is 0. The number of pyridine rings is 1. The average molecular weight is 325 g/mol. The van der Waals surface area contributed by atoms with Crippen LogP contribution in [0.1, 0.15) is 10.4 Å².